The van der Waals surface area contributed by atoms with Crippen LogP contribution in [0.3, 0.4) is 0 Å². The zero-order valence-corrected chi connectivity index (χ0v) is 19.3. The number of carbonyl (C=O) groups is 3. The average molecular weight is 440 g/mol. The molecule has 9 heteroatoms. The zero-order chi connectivity index (χ0) is 22.6. The van der Waals surface area contributed by atoms with E-state index in [1.165, 1.54) is 0 Å². The largest absolute Gasteiger partial charge is 0.465 e. The standard InChI is InChI=1S/C22H37N3O6/c1-5-29-19(26)22(20(27)30-6-2)9-13-24(14-10-22)16(3)18-15-25(21(28)31-18)17-7-11-23(4)12-8-17/h16-18H,5-15H2,1-4H3. The van der Waals surface area contributed by atoms with E-state index in [-0.39, 0.29) is 37.5 Å². The number of ether oxygens (including phenoxy) is 3. The molecule has 3 saturated heterocycles. The molecule has 3 aliphatic heterocycles. The maximum atomic E-state index is 12.6. The molecule has 3 aliphatic rings. The van der Waals surface area contributed by atoms with Crippen LogP contribution in [0, 0.1) is 5.41 Å². The van der Waals surface area contributed by atoms with E-state index in [2.05, 4.69) is 23.8 Å². The molecule has 3 rings (SSSR count). The molecule has 0 aromatic carbocycles. The van der Waals surface area contributed by atoms with E-state index in [0.717, 1.165) is 25.9 Å². The fourth-order valence-electron chi connectivity index (χ4n) is 4.94. The third-order valence-corrected chi connectivity index (χ3v) is 7.09. The Morgan fingerprint density at radius 1 is 1.06 bits per heavy atom. The third kappa shape index (κ3) is 4.98. The molecule has 0 spiro atoms. The molecule has 176 valence electrons. The lowest BCUT2D eigenvalue weighted by molar-refractivity contribution is -0.176. The van der Waals surface area contributed by atoms with Gasteiger partial charge < -0.3 is 24.0 Å². The molecule has 3 fully saturated rings. The van der Waals surface area contributed by atoms with Gasteiger partial charge in [0.05, 0.1) is 19.8 Å². The van der Waals surface area contributed by atoms with Gasteiger partial charge in [0.25, 0.3) is 0 Å². The highest BCUT2D eigenvalue weighted by atomic mass is 16.6. The first kappa shape index (κ1) is 23.8. The van der Waals surface area contributed by atoms with Crippen molar-refractivity contribution in [2.24, 2.45) is 5.41 Å². The summed E-state index contributed by atoms with van der Waals surface area (Å²) in [4.78, 5) is 44.2. The maximum Gasteiger partial charge on any atom is 0.410 e. The van der Waals surface area contributed by atoms with Gasteiger partial charge in [-0.15, -0.1) is 0 Å². The smallest absolute Gasteiger partial charge is 0.410 e. The van der Waals surface area contributed by atoms with Crippen LogP contribution in [0.2, 0.25) is 0 Å². The van der Waals surface area contributed by atoms with Gasteiger partial charge in [-0.2, -0.15) is 0 Å². The van der Waals surface area contributed by atoms with Crippen LogP contribution in [-0.4, -0.2) is 104 Å². The van der Waals surface area contributed by atoms with Gasteiger partial charge in [-0.05, 0) is 66.6 Å². The Bertz CT molecular complexity index is 636. The van der Waals surface area contributed by atoms with E-state index in [9.17, 15) is 14.4 Å². The summed E-state index contributed by atoms with van der Waals surface area (Å²) in [5.41, 5.74) is -1.24. The monoisotopic (exact) mass is 439 g/mol. The number of nitrogens with zero attached hydrogens (tertiary/aromatic N) is 3. The van der Waals surface area contributed by atoms with E-state index in [1.54, 1.807) is 13.8 Å². The van der Waals surface area contributed by atoms with Crippen molar-refractivity contribution in [3.8, 4) is 0 Å². The predicted octanol–water partition coefficient (Wildman–Crippen LogP) is 1.50. The number of piperidine rings is 2. The van der Waals surface area contributed by atoms with E-state index in [0.29, 0.717) is 32.5 Å². The Morgan fingerprint density at radius 2 is 1.61 bits per heavy atom. The number of amides is 1. The number of cyclic esters (lactones) is 1. The minimum atomic E-state index is -1.24. The topological polar surface area (TPSA) is 88.6 Å². The van der Waals surface area contributed by atoms with Crippen molar-refractivity contribution in [2.75, 3.05) is 53.0 Å². The molecule has 9 nitrogen and oxygen atoms in total. The highest BCUT2D eigenvalue weighted by molar-refractivity contribution is 6.00. The third-order valence-electron chi connectivity index (χ3n) is 7.09. The van der Waals surface area contributed by atoms with Crippen molar-refractivity contribution >= 4 is 18.0 Å². The highest BCUT2D eigenvalue weighted by Gasteiger charge is 2.52. The second-order valence-electron chi connectivity index (χ2n) is 8.91. The number of hydrogen-bond donors (Lipinski definition) is 0. The van der Waals surface area contributed by atoms with Gasteiger partial charge in [0.15, 0.2) is 5.41 Å². The summed E-state index contributed by atoms with van der Waals surface area (Å²) in [6.07, 6.45) is 2.18. The molecule has 0 aromatic rings. The van der Waals surface area contributed by atoms with Crippen molar-refractivity contribution in [3.05, 3.63) is 0 Å². The number of rotatable bonds is 7. The van der Waals surface area contributed by atoms with Crippen LogP contribution in [0.1, 0.15) is 46.5 Å². The quantitative estimate of drug-likeness (QED) is 0.335. The molecule has 0 bridgehead atoms. The Kier molecular flexibility index (Phi) is 7.80. The summed E-state index contributed by atoms with van der Waals surface area (Å²) in [6.45, 7) is 9.63. The summed E-state index contributed by atoms with van der Waals surface area (Å²) < 4.78 is 16.2. The summed E-state index contributed by atoms with van der Waals surface area (Å²) in [5, 5.41) is 0. The van der Waals surface area contributed by atoms with Crippen LogP contribution < -0.4 is 0 Å². The van der Waals surface area contributed by atoms with Gasteiger partial charge in [-0.1, -0.05) is 0 Å². The molecule has 0 radical (unpaired) electrons. The Morgan fingerprint density at radius 3 is 2.13 bits per heavy atom. The molecule has 0 N–H and O–H groups in total. The first-order valence-electron chi connectivity index (χ1n) is 11.6. The van der Waals surface area contributed by atoms with Gasteiger partial charge >= 0.3 is 18.0 Å². The minimum Gasteiger partial charge on any atom is -0.465 e. The van der Waals surface area contributed by atoms with Crippen molar-refractivity contribution in [3.63, 3.8) is 0 Å². The van der Waals surface area contributed by atoms with Gasteiger partial charge in [-0.3, -0.25) is 14.5 Å². The average Bonchev–Trinajstić information content (AvgIpc) is 3.15. The first-order chi connectivity index (χ1) is 14.8. The van der Waals surface area contributed by atoms with Crippen LogP contribution in [0.15, 0.2) is 0 Å². The summed E-state index contributed by atoms with van der Waals surface area (Å²) in [5.74, 6) is -0.997. The van der Waals surface area contributed by atoms with Gasteiger partial charge in [0.2, 0.25) is 0 Å². The molecule has 1 amide bonds. The SMILES string of the molecule is CCOC(=O)C1(C(=O)OCC)CCN(C(C)C2CN(C3CCN(C)CC3)C(=O)O2)CC1. The second-order valence-corrected chi connectivity index (χ2v) is 8.91. The van der Waals surface area contributed by atoms with Crippen LogP contribution in [0.5, 0.6) is 0 Å². The molecule has 0 saturated carbocycles. The lowest BCUT2D eigenvalue weighted by Crippen LogP contribution is -2.54. The van der Waals surface area contributed by atoms with Crippen LogP contribution >= 0.6 is 0 Å². The fourth-order valence-corrected chi connectivity index (χ4v) is 4.94. The summed E-state index contributed by atoms with van der Waals surface area (Å²) in [6, 6.07) is 0.241. The van der Waals surface area contributed by atoms with E-state index < -0.39 is 17.4 Å². The fraction of sp³-hybridized carbons (Fsp3) is 0.864. The van der Waals surface area contributed by atoms with Crippen molar-refractivity contribution < 1.29 is 28.6 Å². The van der Waals surface area contributed by atoms with Crippen molar-refractivity contribution in [1.82, 2.24) is 14.7 Å². The number of hydrogen-bond acceptors (Lipinski definition) is 8. The van der Waals surface area contributed by atoms with Gasteiger partial charge in [0, 0.05) is 25.2 Å². The van der Waals surface area contributed by atoms with E-state index >= 15 is 0 Å². The van der Waals surface area contributed by atoms with E-state index in [4.69, 9.17) is 14.2 Å². The lowest BCUT2D eigenvalue weighted by Gasteiger charge is -2.41. The van der Waals surface area contributed by atoms with E-state index in [1.807, 2.05) is 4.90 Å². The first-order valence-corrected chi connectivity index (χ1v) is 11.6. The predicted molar refractivity (Wildman–Crippen MR) is 113 cm³/mol. The maximum absolute atomic E-state index is 12.6. The Hall–Kier alpha value is -1.87. The van der Waals surface area contributed by atoms with Crippen LogP contribution in [0.4, 0.5) is 4.79 Å². The minimum absolute atomic E-state index is 0.00241. The zero-order valence-electron chi connectivity index (χ0n) is 19.3. The molecule has 0 aliphatic carbocycles. The molecular weight excluding hydrogens is 402 g/mol. The highest BCUT2D eigenvalue weighted by Crippen LogP contribution is 2.36. The lowest BCUT2D eigenvalue weighted by atomic mass is 9.77. The van der Waals surface area contributed by atoms with Gasteiger partial charge in [-0.25, -0.2) is 4.79 Å². The Labute approximate surface area is 184 Å². The van der Waals surface area contributed by atoms with Gasteiger partial charge in [0.1, 0.15) is 6.10 Å². The van der Waals surface area contributed by atoms with Crippen molar-refractivity contribution in [2.45, 2.75) is 64.6 Å². The molecule has 2 unspecified atom stereocenters. The normalized spacial score (nSPS) is 26.4. The molecule has 3 heterocycles. The molecule has 31 heavy (non-hydrogen) atoms. The summed E-state index contributed by atoms with van der Waals surface area (Å²) >= 11 is 0. The summed E-state index contributed by atoms with van der Waals surface area (Å²) in [7, 11) is 2.10. The number of likely N-dealkylation sites (tertiary alicyclic amines) is 2. The van der Waals surface area contributed by atoms with Crippen LogP contribution in [0.25, 0.3) is 0 Å². The molecule has 0 aromatic heterocycles. The molecular formula is C22H37N3O6. The second kappa shape index (κ2) is 10.2. The van der Waals surface area contributed by atoms with Crippen LogP contribution in [-0.2, 0) is 23.8 Å². The Balaban J connectivity index is 1.60. The number of esters is 2. The van der Waals surface area contributed by atoms with Crippen molar-refractivity contribution in [1.29, 1.82) is 0 Å². The molecule has 2 atom stereocenters. The number of carbonyl (C=O) groups excluding carboxylic acids is 3.